The summed E-state index contributed by atoms with van der Waals surface area (Å²) in [6, 6.07) is 4.79. The van der Waals surface area contributed by atoms with Crippen LogP contribution in [0, 0.1) is 0 Å². The molecule has 1 aliphatic heterocycles. The lowest BCUT2D eigenvalue weighted by atomic mass is 10.0. The van der Waals surface area contributed by atoms with Crippen LogP contribution in [0.1, 0.15) is 25.8 Å². The highest BCUT2D eigenvalue weighted by molar-refractivity contribution is 5.75. The molecule has 0 bridgehead atoms. The van der Waals surface area contributed by atoms with Gasteiger partial charge >= 0.3 is 24.0 Å². The number of esters is 3. The summed E-state index contributed by atoms with van der Waals surface area (Å²) in [6.45, 7) is 3.46. The van der Waals surface area contributed by atoms with Gasteiger partial charge in [0.05, 0.1) is 14.2 Å². The number of carbonyl (C=O) groups is 4. The summed E-state index contributed by atoms with van der Waals surface area (Å²) in [4.78, 5) is 49.2. The monoisotopic (exact) mass is 526 g/mol. The number of nitrogens with zero attached hydrogens (tertiary/aromatic N) is 1. The molecule has 2 rings (SSSR count). The molecule has 13 nitrogen and oxygen atoms in total. The first-order valence-electron chi connectivity index (χ1n) is 11.5. The van der Waals surface area contributed by atoms with E-state index in [1.54, 1.807) is 32.3 Å². The van der Waals surface area contributed by atoms with E-state index in [1.165, 1.54) is 33.0 Å². The Morgan fingerprint density at radius 2 is 1.78 bits per heavy atom. The van der Waals surface area contributed by atoms with E-state index < -0.39 is 48.6 Å². The molecule has 1 saturated heterocycles. The molecular formula is C24H34N2O11. The fraction of sp³-hybridized carbons (Fsp3) is 0.583. The number of rotatable bonds is 11. The summed E-state index contributed by atoms with van der Waals surface area (Å²) < 4.78 is 37.8. The lowest BCUT2D eigenvalue weighted by Gasteiger charge is -2.39. The van der Waals surface area contributed by atoms with Crippen molar-refractivity contribution in [2.75, 3.05) is 41.4 Å². The van der Waals surface area contributed by atoms with Crippen LogP contribution in [0.5, 0.6) is 11.5 Å². The molecule has 0 saturated carbocycles. The molecule has 1 fully saturated rings. The highest BCUT2D eigenvalue weighted by Gasteiger charge is 2.47. The number of carbonyl (C=O) groups excluding carboxylic acids is 4. The van der Waals surface area contributed by atoms with Gasteiger partial charge in [-0.2, -0.15) is 0 Å². The summed E-state index contributed by atoms with van der Waals surface area (Å²) in [5.74, 6) is -1.58. The van der Waals surface area contributed by atoms with Crippen molar-refractivity contribution in [2.45, 2.75) is 51.5 Å². The summed E-state index contributed by atoms with van der Waals surface area (Å²) in [6.07, 6.45) is -5.29. The Hall–Kier alpha value is -3.58. The first-order valence-corrected chi connectivity index (χ1v) is 11.5. The largest absolute Gasteiger partial charge is 0.493 e. The summed E-state index contributed by atoms with van der Waals surface area (Å²) >= 11 is 0. The van der Waals surface area contributed by atoms with Crippen molar-refractivity contribution in [1.82, 2.24) is 10.2 Å². The van der Waals surface area contributed by atoms with Crippen LogP contribution < -0.4 is 14.8 Å². The minimum atomic E-state index is -1.34. The van der Waals surface area contributed by atoms with E-state index in [9.17, 15) is 19.2 Å². The number of hydrogen-bond donors (Lipinski definition) is 1. The molecule has 1 heterocycles. The molecule has 1 N–H and O–H groups in total. The first kappa shape index (κ1) is 29.6. The van der Waals surface area contributed by atoms with E-state index >= 15 is 0 Å². The molecule has 1 amide bonds. The van der Waals surface area contributed by atoms with Gasteiger partial charge in [-0.15, -0.1) is 0 Å². The van der Waals surface area contributed by atoms with Gasteiger partial charge < -0.3 is 43.4 Å². The molecule has 37 heavy (non-hydrogen) atoms. The molecule has 0 unspecified atom stereocenters. The Kier molecular flexibility index (Phi) is 11.4. The van der Waals surface area contributed by atoms with E-state index in [0.717, 1.165) is 0 Å². The van der Waals surface area contributed by atoms with Crippen LogP contribution in [0.2, 0.25) is 0 Å². The number of hydrogen-bond acceptors (Lipinski definition) is 12. The molecule has 0 aliphatic carbocycles. The maximum Gasteiger partial charge on any atom is 0.409 e. The number of likely N-dealkylation sites (N-methyl/N-ethyl adjacent to an activating group) is 2. The average molecular weight is 527 g/mol. The minimum absolute atomic E-state index is 0.0195. The SMILES string of the molecule is CNCCN(C)C(=O)OCc1ccc(O[C@@H]2O[C@H](C(=O)OC)C[C@H](OC(C)=O)[C@H]2OC(C)=O)c(OC)c1. The van der Waals surface area contributed by atoms with Gasteiger partial charge in [-0.05, 0) is 24.7 Å². The van der Waals surface area contributed by atoms with Gasteiger partial charge in [0, 0.05) is 40.4 Å². The van der Waals surface area contributed by atoms with Gasteiger partial charge in [-0.1, -0.05) is 6.07 Å². The van der Waals surface area contributed by atoms with Gasteiger partial charge in [0.15, 0.2) is 17.6 Å². The minimum Gasteiger partial charge on any atom is -0.493 e. The zero-order valence-electron chi connectivity index (χ0n) is 21.8. The van der Waals surface area contributed by atoms with Crippen LogP contribution in [-0.4, -0.2) is 94.9 Å². The Bertz CT molecular complexity index is 955. The molecule has 1 aromatic rings. The maximum atomic E-state index is 12.2. The van der Waals surface area contributed by atoms with Crippen LogP contribution in [0.3, 0.4) is 0 Å². The summed E-state index contributed by atoms with van der Waals surface area (Å²) in [7, 11) is 6.01. The van der Waals surface area contributed by atoms with Gasteiger partial charge in [0.2, 0.25) is 12.4 Å². The van der Waals surface area contributed by atoms with E-state index in [0.29, 0.717) is 18.7 Å². The van der Waals surface area contributed by atoms with Crippen molar-refractivity contribution >= 4 is 24.0 Å². The molecule has 1 aromatic carbocycles. The Morgan fingerprint density at radius 3 is 2.38 bits per heavy atom. The molecule has 0 aromatic heterocycles. The molecule has 4 atom stereocenters. The molecule has 1 aliphatic rings. The Morgan fingerprint density at radius 1 is 1.08 bits per heavy atom. The summed E-state index contributed by atoms with van der Waals surface area (Å²) in [5, 5.41) is 2.95. The second-order valence-corrected chi connectivity index (χ2v) is 8.16. The topological polar surface area (TPSA) is 148 Å². The van der Waals surface area contributed by atoms with Crippen molar-refractivity contribution in [3.05, 3.63) is 23.8 Å². The molecular weight excluding hydrogens is 492 g/mol. The lowest BCUT2D eigenvalue weighted by molar-refractivity contribution is -0.251. The second kappa shape index (κ2) is 14.2. The van der Waals surface area contributed by atoms with Crippen LogP contribution in [-0.2, 0) is 44.7 Å². The van der Waals surface area contributed by atoms with Gasteiger partial charge in [0.1, 0.15) is 12.7 Å². The van der Waals surface area contributed by atoms with Crippen molar-refractivity contribution < 1.29 is 52.3 Å². The molecule has 0 radical (unpaired) electrons. The zero-order valence-corrected chi connectivity index (χ0v) is 21.8. The maximum absolute atomic E-state index is 12.2. The van der Waals surface area contributed by atoms with Crippen molar-refractivity contribution in [1.29, 1.82) is 0 Å². The highest BCUT2D eigenvalue weighted by atomic mass is 16.7. The average Bonchev–Trinajstić information content (AvgIpc) is 2.86. The van der Waals surface area contributed by atoms with Gasteiger partial charge in [0.25, 0.3) is 0 Å². The number of nitrogens with one attached hydrogen (secondary N) is 1. The third-order valence-electron chi connectivity index (χ3n) is 5.31. The van der Waals surface area contributed by atoms with Crippen LogP contribution in [0.15, 0.2) is 18.2 Å². The smallest absolute Gasteiger partial charge is 0.409 e. The number of ether oxygens (including phenoxy) is 7. The Balaban J connectivity index is 2.23. The summed E-state index contributed by atoms with van der Waals surface area (Å²) in [5.41, 5.74) is 0.617. The van der Waals surface area contributed by atoms with Crippen LogP contribution in [0.4, 0.5) is 4.79 Å². The standard InChI is InChI=1S/C24H34N2O11/c1-14(27)34-19-12-20(22(29)32-6)37-23(21(19)35-15(2)28)36-17-8-7-16(11-18(17)31-5)13-33-24(30)26(4)10-9-25-3/h7-8,11,19-21,23,25H,9-10,12-13H2,1-6H3/t19-,20-,21+,23+/m0/s1. The highest BCUT2D eigenvalue weighted by Crippen LogP contribution is 2.34. The Labute approximate surface area is 215 Å². The van der Waals surface area contributed by atoms with Crippen molar-refractivity contribution in [2.24, 2.45) is 0 Å². The number of benzene rings is 1. The number of methoxy groups -OCH3 is 2. The normalized spacial score (nSPS) is 20.8. The van der Waals surface area contributed by atoms with Gasteiger partial charge in [-0.25, -0.2) is 9.59 Å². The fourth-order valence-corrected chi connectivity index (χ4v) is 3.50. The second-order valence-electron chi connectivity index (χ2n) is 8.16. The zero-order chi connectivity index (χ0) is 27.5. The van der Waals surface area contributed by atoms with Crippen LogP contribution >= 0.6 is 0 Å². The number of amides is 1. The third-order valence-corrected chi connectivity index (χ3v) is 5.31. The van der Waals surface area contributed by atoms with Crippen LogP contribution in [0.25, 0.3) is 0 Å². The predicted octanol–water partition coefficient (Wildman–Crippen LogP) is 1.01. The van der Waals surface area contributed by atoms with E-state index in [1.807, 2.05) is 0 Å². The predicted molar refractivity (Wildman–Crippen MR) is 127 cm³/mol. The van der Waals surface area contributed by atoms with E-state index in [4.69, 9.17) is 33.2 Å². The van der Waals surface area contributed by atoms with Gasteiger partial charge in [-0.3, -0.25) is 9.59 Å². The fourth-order valence-electron chi connectivity index (χ4n) is 3.50. The quantitative estimate of drug-likeness (QED) is 0.324. The third kappa shape index (κ3) is 8.79. The van der Waals surface area contributed by atoms with Crippen molar-refractivity contribution in [3.8, 4) is 11.5 Å². The molecule has 0 spiro atoms. The molecule has 206 valence electrons. The molecule has 13 heteroatoms. The van der Waals surface area contributed by atoms with Crippen molar-refractivity contribution in [3.63, 3.8) is 0 Å². The van der Waals surface area contributed by atoms with E-state index in [2.05, 4.69) is 5.32 Å². The first-order chi connectivity index (χ1) is 17.6. The lowest BCUT2D eigenvalue weighted by Crippen LogP contribution is -2.55. The van der Waals surface area contributed by atoms with E-state index in [-0.39, 0.29) is 24.5 Å².